The zero-order valence-electron chi connectivity index (χ0n) is 5.99. The van der Waals surface area contributed by atoms with Gasteiger partial charge in [0.1, 0.15) is 11.8 Å². The van der Waals surface area contributed by atoms with Gasteiger partial charge >= 0.3 is 0 Å². The van der Waals surface area contributed by atoms with Gasteiger partial charge in [0.05, 0.1) is 18.6 Å². The Morgan fingerprint density at radius 1 is 1.73 bits per heavy atom. The van der Waals surface area contributed by atoms with E-state index in [1.165, 1.54) is 0 Å². The summed E-state index contributed by atoms with van der Waals surface area (Å²) in [6.45, 7) is 1.90. The quantitative estimate of drug-likeness (QED) is 0.605. The smallest absolute Gasteiger partial charge is 0.140 e. The minimum atomic E-state index is 0.437. The van der Waals surface area contributed by atoms with Crippen molar-refractivity contribution in [2.45, 2.75) is 6.04 Å². The van der Waals surface area contributed by atoms with Gasteiger partial charge in [-0.15, -0.1) is 0 Å². The molecule has 11 heavy (non-hydrogen) atoms. The molecule has 0 atom stereocenters. The molecule has 0 spiro atoms. The van der Waals surface area contributed by atoms with Crippen LogP contribution in [-0.4, -0.2) is 22.6 Å². The standard InChI is InChI=1S/C7H8N4/c8-1-6-2-10-5-11(6)7-3-9-4-7/h2,5,7,9H,3-4H2. The van der Waals surface area contributed by atoms with E-state index in [4.69, 9.17) is 5.26 Å². The monoisotopic (exact) mass is 148 g/mol. The largest absolute Gasteiger partial charge is 0.317 e. The van der Waals surface area contributed by atoms with Crippen LogP contribution < -0.4 is 5.32 Å². The van der Waals surface area contributed by atoms with Crippen LogP contribution in [0.5, 0.6) is 0 Å². The Hall–Kier alpha value is -1.34. The van der Waals surface area contributed by atoms with Crippen molar-refractivity contribution in [3.05, 3.63) is 18.2 Å². The van der Waals surface area contributed by atoms with Crippen LogP contribution >= 0.6 is 0 Å². The predicted molar refractivity (Wildman–Crippen MR) is 38.8 cm³/mol. The Balaban J connectivity index is 2.29. The third-order valence-electron chi connectivity index (χ3n) is 1.93. The summed E-state index contributed by atoms with van der Waals surface area (Å²) in [4.78, 5) is 3.91. The maximum atomic E-state index is 8.64. The first kappa shape index (κ1) is 6.38. The summed E-state index contributed by atoms with van der Waals surface area (Å²) in [6, 6.07) is 2.53. The molecule has 1 saturated heterocycles. The number of nitriles is 1. The number of hydrogen-bond donors (Lipinski definition) is 1. The molecule has 0 amide bonds. The maximum Gasteiger partial charge on any atom is 0.140 e. The van der Waals surface area contributed by atoms with Crippen molar-refractivity contribution < 1.29 is 0 Å². The van der Waals surface area contributed by atoms with Crippen LogP contribution in [0.4, 0.5) is 0 Å². The van der Waals surface area contributed by atoms with Crippen molar-refractivity contribution in [3.63, 3.8) is 0 Å². The Kier molecular flexibility index (Phi) is 1.37. The summed E-state index contributed by atoms with van der Waals surface area (Å²) >= 11 is 0. The first-order valence-electron chi connectivity index (χ1n) is 3.54. The Bertz CT molecular complexity index is 292. The van der Waals surface area contributed by atoms with Gasteiger partial charge in [-0.2, -0.15) is 5.26 Å². The van der Waals surface area contributed by atoms with Crippen molar-refractivity contribution in [2.24, 2.45) is 0 Å². The fraction of sp³-hybridized carbons (Fsp3) is 0.429. The molecule has 0 unspecified atom stereocenters. The molecule has 1 fully saturated rings. The van der Waals surface area contributed by atoms with Gasteiger partial charge in [0.2, 0.25) is 0 Å². The van der Waals surface area contributed by atoms with E-state index in [2.05, 4.69) is 16.4 Å². The van der Waals surface area contributed by atoms with E-state index in [-0.39, 0.29) is 0 Å². The fourth-order valence-electron chi connectivity index (χ4n) is 1.15. The lowest BCUT2D eigenvalue weighted by atomic mass is 10.2. The number of imidazole rings is 1. The molecule has 1 N–H and O–H groups in total. The summed E-state index contributed by atoms with van der Waals surface area (Å²) in [6.07, 6.45) is 3.31. The lowest BCUT2D eigenvalue weighted by molar-refractivity contribution is 0.341. The average Bonchev–Trinajstić information content (AvgIpc) is 2.32. The number of nitrogens with zero attached hydrogens (tertiary/aromatic N) is 3. The second kappa shape index (κ2) is 2.36. The Labute approximate surface area is 64.5 Å². The van der Waals surface area contributed by atoms with Crippen molar-refractivity contribution >= 4 is 0 Å². The van der Waals surface area contributed by atoms with Crippen molar-refractivity contribution in [3.8, 4) is 6.07 Å². The molecule has 4 heteroatoms. The summed E-state index contributed by atoms with van der Waals surface area (Å²) < 4.78 is 1.91. The second-order valence-corrected chi connectivity index (χ2v) is 2.61. The molecule has 0 aliphatic carbocycles. The van der Waals surface area contributed by atoms with Crippen LogP contribution in [0.2, 0.25) is 0 Å². The van der Waals surface area contributed by atoms with Crippen LogP contribution in [0.1, 0.15) is 11.7 Å². The molecule has 1 aliphatic rings. The molecule has 2 heterocycles. The molecular weight excluding hydrogens is 140 g/mol. The maximum absolute atomic E-state index is 8.64. The first-order chi connectivity index (χ1) is 5.42. The molecule has 4 nitrogen and oxygen atoms in total. The SMILES string of the molecule is N#Cc1cncn1C1CNC1. The molecule has 2 rings (SSSR count). The van der Waals surface area contributed by atoms with E-state index >= 15 is 0 Å². The molecule has 0 saturated carbocycles. The van der Waals surface area contributed by atoms with Crippen molar-refractivity contribution in [1.82, 2.24) is 14.9 Å². The van der Waals surface area contributed by atoms with Crippen LogP contribution in [0.25, 0.3) is 0 Å². The molecule has 0 radical (unpaired) electrons. The number of aromatic nitrogens is 2. The first-order valence-corrected chi connectivity index (χ1v) is 3.54. The minimum absolute atomic E-state index is 0.437. The molecule has 1 aromatic rings. The van der Waals surface area contributed by atoms with Crippen LogP contribution in [-0.2, 0) is 0 Å². The highest BCUT2D eigenvalue weighted by Gasteiger charge is 2.20. The van der Waals surface area contributed by atoms with Gasteiger partial charge in [0.15, 0.2) is 0 Å². The highest BCUT2D eigenvalue weighted by molar-refractivity contribution is 5.18. The van der Waals surface area contributed by atoms with E-state index < -0.39 is 0 Å². The van der Waals surface area contributed by atoms with Gasteiger partial charge in [-0.1, -0.05) is 0 Å². The Morgan fingerprint density at radius 2 is 2.55 bits per heavy atom. The molecule has 1 aromatic heterocycles. The van der Waals surface area contributed by atoms with Gasteiger partial charge in [0.25, 0.3) is 0 Å². The summed E-state index contributed by atoms with van der Waals surface area (Å²) in [7, 11) is 0. The Morgan fingerprint density at radius 3 is 3.09 bits per heavy atom. The molecule has 0 aromatic carbocycles. The molecule has 56 valence electrons. The van der Waals surface area contributed by atoms with E-state index in [0.29, 0.717) is 11.7 Å². The number of rotatable bonds is 1. The van der Waals surface area contributed by atoms with Gasteiger partial charge in [-0.25, -0.2) is 4.98 Å². The second-order valence-electron chi connectivity index (χ2n) is 2.61. The summed E-state index contributed by atoms with van der Waals surface area (Å²) in [5.74, 6) is 0. The van der Waals surface area contributed by atoms with Gasteiger partial charge in [-0.3, -0.25) is 0 Å². The zero-order chi connectivity index (χ0) is 7.68. The number of hydrogen-bond acceptors (Lipinski definition) is 3. The lowest BCUT2D eigenvalue weighted by Gasteiger charge is -2.28. The zero-order valence-corrected chi connectivity index (χ0v) is 5.99. The highest BCUT2D eigenvalue weighted by Crippen LogP contribution is 2.13. The molecular formula is C7H8N4. The predicted octanol–water partition coefficient (Wildman–Crippen LogP) is -0.101. The van der Waals surface area contributed by atoms with Gasteiger partial charge < -0.3 is 9.88 Å². The van der Waals surface area contributed by atoms with E-state index in [0.717, 1.165) is 13.1 Å². The summed E-state index contributed by atoms with van der Waals surface area (Å²) in [5, 5.41) is 11.8. The topological polar surface area (TPSA) is 53.6 Å². The lowest BCUT2D eigenvalue weighted by Crippen LogP contribution is -2.43. The van der Waals surface area contributed by atoms with Crippen LogP contribution in [0.15, 0.2) is 12.5 Å². The van der Waals surface area contributed by atoms with Crippen molar-refractivity contribution in [2.75, 3.05) is 13.1 Å². The molecule has 0 bridgehead atoms. The van der Waals surface area contributed by atoms with Crippen LogP contribution in [0, 0.1) is 11.3 Å². The van der Waals surface area contributed by atoms with E-state index in [9.17, 15) is 0 Å². The summed E-state index contributed by atoms with van der Waals surface area (Å²) in [5.41, 5.74) is 0.650. The van der Waals surface area contributed by atoms with Gasteiger partial charge in [-0.05, 0) is 0 Å². The van der Waals surface area contributed by atoms with Gasteiger partial charge in [0, 0.05) is 13.1 Å². The molecule has 1 aliphatic heterocycles. The van der Waals surface area contributed by atoms with Crippen molar-refractivity contribution in [1.29, 1.82) is 5.26 Å². The number of nitrogens with one attached hydrogen (secondary N) is 1. The van der Waals surface area contributed by atoms with E-state index in [1.807, 2.05) is 4.57 Å². The highest BCUT2D eigenvalue weighted by atomic mass is 15.2. The normalized spacial score (nSPS) is 17.4. The van der Waals surface area contributed by atoms with Crippen LogP contribution in [0.3, 0.4) is 0 Å². The third kappa shape index (κ3) is 0.900. The fourth-order valence-corrected chi connectivity index (χ4v) is 1.15. The average molecular weight is 148 g/mol. The minimum Gasteiger partial charge on any atom is -0.317 e. The van der Waals surface area contributed by atoms with E-state index in [1.54, 1.807) is 12.5 Å². The third-order valence-corrected chi connectivity index (χ3v) is 1.93.